The summed E-state index contributed by atoms with van der Waals surface area (Å²) in [5.74, 6) is 0. The zero-order valence-electron chi connectivity index (χ0n) is 16.8. The van der Waals surface area contributed by atoms with E-state index in [2.05, 4.69) is 17.4 Å². The van der Waals surface area contributed by atoms with Crippen LogP contribution in [0, 0.1) is 6.92 Å². The molecule has 0 aliphatic heterocycles. The lowest BCUT2D eigenvalue weighted by atomic mass is 10.1. The van der Waals surface area contributed by atoms with Crippen molar-refractivity contribution in [2.45, 2.75) is 27.2 Å². The van der Waals surface area contributed by atoms with E-state index in [1.807, 2.05) is 68.1 Å². The standard InChI is InChI=1S/C21H29N2O3PS/c1-4-25-27(24,26-5-2)17-23(15-14-19-11-7-6-8-12-19)21(28)22-20-13-9-10-18(3)16-20/h6-13,16H,4-5,14-15,17H2,1-3H3,(H,22,28). The number of anilines is 1. The largest absolute Gasteiger partial charge is 0.349 e. The molecule has 0 spiro atoms. The summed E-state index contributed by atoms with van der Waals surface area (Å²) in [6.07, 6.45) is 0.883. The van der Waals surface area contributed by atoms with E-state index in [9.17, 15) is 4.57 Å². The van der Waals surface area contributed by atoms with E-state index in [-0.39, 0.29) is 6.29 Å². The molecule has 28 heavy (non-hydrogen) atoms. The summed E-state index contributed by atoms with van der Waals surface area (Å²) in [7, 11) is -3.27. The Morgan fingerprint density at radius 1 is 1.07 bits per heavy atom. The van der Waals surface area contributed by atoms with E-state index in [1.54, 1.807) is 0 Å². The first-order valence-electron chi connectivity index (χ1n) is 9.50. The second-order valence-corrected chi connectivity index (χ2v) is 8.79. The first kappa shape index (κ1) is 22.6. The molecule has 0 saturated heterocycles. The van der Waals surface area contributed by atoms with Crippen molar-refractivity contribution in [3.05, 3.63) is 65.7 Å². The molecule has 0 amide bonds. The fourth-order valence-corrected chi connectivity index (χ4v) is 4.89. The van der Waals surface area contributed by atoms with Crippen molar-refractivity contribution in [2.75, 3.05) is 31.4 Å². The molecule has 0 atom stereocenters. The second-order valence-electron chi connectivity index (χ2n) is 6.39. The van der Waals surface area contributed by atoms with E-state index in [4.69, 9.17) is 21.3 Å². The highest BCUT2D eigenvalue weighted by molar-refractivity contribution is 7.80. The van der Waals surface area contributed by atoms with Crippen molar-refractivity contribution < 1.29 is 13.6 Å². The maximum Gasteiger partial charge on any atom is 0.349 e. The molecule has 2 aromatic carbocycles. The second kappa shape index (κ2) is 11.3. The smallest absolute Gasteiger partial charge is 0.337 e. The zero-order valence-corrected chi connectivity index (χ0v) is 18.5. The van der Waals surface area contributed by atoms with Crippen LogP contribution in [0.4, 0.5) is 5.69 Å². The van der Waals surface area contributed by atoms with E-state index < -0.39 is 7.60 Å². The quantitative estimate of drug-likeness (QED) is 0.407. The number of nitrogens with one attached hydrogen (secondary N) is 1. The SMILES string of the molecule is CCOP(=O)(CN(CCc1ccccc1)C(=S)Nc1cccc(C)c1)OCC. The van der Waals surface area contributed by atoms with E-state index in [1.165, 1.54) is 5.56 Å². The minimum atomic E-state index is -3.27. The molecule has 0 aromatic heterocycles. The number of nitrogens with zero attached hydrogens (tertiary/aromatic N) is 1. The van der Waals surface area contributed by atoms with Gasteiger partial charge < -0.3 is 19.3 Å². The van der Waals surface area contributed by atoms with Crippen LogP contribution in [0.15, 0.2) is 54.6 Å². The van der Waals surface area contributed by atoms with Gasteiger partial charge in [0.25, 0.3) is 0 Å². The summed E-state index contributed by atoms with van der Waals surface area (Å²) in [4.78, 5) is 1.87. The van der Waals surface area contributed by atoms with Gasteiger partial charge >= 0.3 is 7.60 Å². The van der Waals surface area contributed by atoms with Crippen LogP contribution in [-0.4, -0.2) is 36.1 Å². The normalized spacial score (nSPS) is 11.2. The number of aryl methyl sites for hydroxylation is 1. The highest BCUT2D eigenvalue weighted by Crippen LogP contribution is 2.48. The summed E-state index contributed by atoms with van der Waals surface area (Å²) < 4.78 is 24.0. The zero-order chi connectivity index (χ0) is 20.4. The van der Waals surface area contributed by atoms with Crippen LogP contribution < -0.4 is 5.32 Å². The fourth-order valence-electron chi connectivity index (χ4n) is 2.79. The average molecular weight is 421 g/mol. The van der Waals surface area contributed by atoms with Crippen molar-refractivity contribution in [1.82, 2.24) is 4.90 Å². The maximum atomic E-state index is 13.1. The molecule has 7 heteroatoms. The van der Waals surface area contributed by atoms with Gasteiger partial charge in [0.2, 0.25) is 0 Å². The predicted octanol–water partition coefficient (Wildman–Crippen LogP) is 5.46. The molecule has 0 aliphatic rings. The molecule has 2 aromatic rings. The fraction of sp³-hybridized carbons (Fsp3) is 0.381. The van der Waals surface area contributed by atoms with Gasteiger partial charge in [-0.2, -0.15) is 0 Å². The van der Waals surface area contributed by atoms with Gasteiger partial charge in [-0.3, -0.25) is 4.57 Å². The van der Waals surface area contributed by atoms with Crippen molar-refractivity contribution in [1.29, 1.82) is 0 Å². The minimum Gasteiger partial charge on any atom is -0.337 e. The Kier molecular flexibility index (Phi) is 9.13. The van der Waals surface area contributed by atoms with Crippen LogP contribution >= 0.6 is 19.8 Å². The summed E-state index contributed by atoms with van der Waals surface area (Å²) >= 11 is 5.64. The summed E-state index contributed by atoms with van der Waals surface area (Å²) in [6.45, 7) is 6.89. The Morgan fingerprint density at radius 2 is 1.75 bits per heavy atom. The van der Waals surface area contributed by atoms with Gasteiger partial charge in [0.15, 0.2) is 5.11 Å². The molecule has 2 rings (SSSR count). The molecule has 0 heterocycles. The third kappa shape index (κ3) is 7.36. The average Bonchev–Trinajstić information content (AvgIpc) is 2.66. The van der Waals surface area contributed by atoms with Crippen LogP contribution in [0.5, 0.6) is 0 Å². The summed E-state index contributed by atoms with van der Waals surface area (Å²) in [6, 6.07) is 18.1. The Morgan fingerprint density at radius 3 is 2.36 bits per heavy atom. The molecule has 1 N–H and O–H groups in total. The van der Waals surface area contributed by atoms with Crippen molar-refractivity contribution >= 4 is 30.6 Å². The minimum absolute atomic E-state index is 0.110. The lowest BCUT2D eigenvalue weighted by molar-refractivity contribution is 0.210. The van der Waals surface area contributed by atoms with Gasteiger partial charge in [-0.15, -0.1) is 0 Å². The van der Waals surface area contributed by atoms with E-state index >= 15 is 0 Å². The van der Waals surface area contributed by atoms with Crippen LogP contribution in [0.1, 0.15) is 25.0 Å². The number of benzene rings is 2. The van der Waals surface area contributed by atoms with Crippen molar-refractivity contribution in [2.24, 2.45) is 0 Å². The number of rotatable bonds is 10. The highest BCUT2D eigenvalue weighted by atomic mass is 32.1. The molecular formula is C21H29N2O3PS. The maximum absolute atomic E-state index is 13.1. The number of hydrogen-bond donors (Lipinski definition) is 1. The molecular weight excluding hydrogens is 391 g/mol. The van der Waals surface area contributed by atoms with Crippen molar-refractivity contribution in [3.8, 4) is 0 Å². The molecule has 152 valence electrons. The lowest BCUT2D eigenvalue weighted by Gasteiger charge is -2.29. The Bertz CT molecular complexity index is 791. The third-order valence-corrected chi connectivity index (χ3v) is 6.42. The van der Waals surface area contributed by atoms with Gasteiger partial charge in [0.1, 0.15) is 6.29 Å². The molecule has 0 saturated carbocycles. The third-order valence-electron chi connectivity index (χ3n) is 4.07. The van der Waals surface area contributed by atoms with Gasteiger partial charge in [-0.25, -0.2) is 0 Å². The highest BCUT2D eigenvalue weighted by Gasteiger charge is 2.28. The first-order chi connectivity index (χ1) is 13.5. The summed E-state index contributed by atoms with van der Waals surface area (Å²) in [5.41, 5.74) is 3.23. The predicted molar refractivity (Wildman–Crippen MR) is 120 cm³/mol. The van der Waals surface area contributed by atoms with E-state index in [0.29, 0.717) is 24.9 Å². The first-order valence-corrected chi connectivity index (χ1v) is 11.6. The molecule has 0 fully saturated rings. The van der Waals surface area contributed by atoms with Gasteiger partial charge in [-0.1, -0.05) is 42.5 Å². The number of hydrogen-bond acceptors (Lipinski definition) is 4. The number of thiocarbonyl (C=S) groups is 1. The molecule has 0 aliphatic carbocycles. The van der Waals surface area contributed by atoms with Crippen LogP contribution in [-0.2, 0) is 20.0 Å². The lowest BCUT2D eigenvalue weighted by Crippen LogP contribution is -2.37. The van der Waals surface area contributed by atoms with Gasteiger partial charge in [0.05, 0.1) is 13.2 Å². The van der Waals surface area contributed by atoms with E-state index in [0.717, 1.165) is 17.7 Å². The monoisotopic (exact) mass is 420 g/mol. The van der Waals surface area contributed by atoms with Gasteiger partial charge in [0, 0.05) is 12.2 Å². The van der Waals surface area contributed by atoms with Crippen LogP contribution in [0.3, 0.4) is 0 Å². The molecule has 0 unspecified atom stereocenters. The van der Waals surface area contributed by atoms with Crippen LogP contribution in [0.25, 0.3) is 0 Å². The Labute approximate surface area is 173 Å². The Balaban J connectivity index is 2.16. The van der Waals surface area contributed by atoms with Crippen LogP contribution in [0.2, 0.25) is 0 Å². The molecule has 0 bridgehead atoms. The Hall–Kier alpha value is -1.72. The van der Waals surface area contributed by atoms with Gasteiger partial charge in [-0.05, 0) is 62.7 Å². The van der Waals surface area contributed by atoms with Crippen molar-refractivity contribution in [3.63, 3.8) is 0 Å². The summed E-state index contributed by atoms with van der Waals surface area (Å²) in [5, 5.41) is 3.75. The molecule has 5 nitrogen and oxygen atoms in total. The topological polar surface area (TPSA) is 50.8 Å². The molecule has 0 radical (unpaired) electrons.